The lowest BCUT2D eigenvalue weighted by Gasteiger charge is -2.35. The van der Waals surface area contributed by atoms with Gasteiger partial charge in [0.05, 0.1) is 20.4 Å². The number of amides is 1. The van der Waals surface area contributed by atoms with Gasteiger partial charge in [0.1, 0.15) is 4.33 Å². The highest BCUT2D eigenvalue weighted by Crippen LogP contribution is 2.64. The zero-order valence-electron chi connectivity index (χ0n) is 13.3. The minimum Gasteiger partial charge on any atom is -0.339 e. The molecule has 0 radical (unpaired) electrons. The molecule has 2 fully saturated rings. The Bertz CT molecular complexity index is 822. The number of carbonyl (C=O) groups excluding carboxylic acids is 1. The van der Waals surface area contributed by atoms with Gasteiger partial charge >= 0.3 is 0 Å². The van der Waals surface area contributed by atoms with Gasteiger partial charge in [0.2, 0.25) is 15.9 Å². The lowest BCUT2D eigenvalue weighted by atomic mass is 10.1. The molecule has 1 heterocycles. The van der Waals surface area contributed by atoms with E-state index in [0.29, 0.717) is 24.5 Å². The van der Waals surface area contributed by atoms with Gasteiger partial charge in [-0.15, -0.1) is 23.2 Å². The lowest BCUT2D eigenvalue weighted by Crippen LogP contribution is -2.52. The summed E-state index contributed by atoms with van der Waals surface area (Å²) in [6.07, 6.45) is 0.406. The molecule has 5 nitrogen and oxygen atoms in total. The minimum atomic E-state index is -3.69. The first-order chi connectivity index (χ1) is 11.5. The molecular formula is C15H16Cl4N2O3S. The molecule has 2 aliphatic rings. The second kappa shape index (κ2) is 6.43. The van der Waals surface area contributed by atoms with Crippen LogP contribution in [0.5, 0.6) is 0 Å². The molecule has 1 saturated heterocycles. The topological polar surface area (TPSA) is 57.7 Å². The van der Waals surface area contributed by atoms with Crippen LogP contribution in [0.4, 0.5) is 0 Å². The van der Waals surface area contributed by atoms with Crippen molar-refractivity contribution >= 4 is 62.3 Å². The highest BCUT2D eigenvalue weighted by atomic mass is 35.5. The molecule has 1 aliphatic carbocycles. The third-order valence-electron chi connectivity index (χ3n) is 4.78. The van der Waals surface area contributed by atoms with Crippen LogP contribution in [0.25, 0.3) is 0 Å². The van der Waals surface area contributed by atoms with Gasteiger partial charge in [-0.05, 0) is 31.5 Å². The van der Waals surface area contributed by atoms with Crippen LogP contribution in [-0.4, -0.2) is 54.0 Å². The Morgan fingerprint density at radius 3 is 2.12 bits per heavy atom. The van der Waals surface area contributed by atoms with E-state index in [2.05, 4.69) is 0 Å². The van der Waals surface area contributed by atoms with E-state index in [-0.39, 0.29) is 28.9 Å². The highest BCUT2D eigenvalue weighted by Gasteiger charge is 2.68. The number of hydrogen-bond acceptors (Lipinski definition) is 3. The minimum absolute atomic E-state index is 0.0800. The molecule has 1 aliphatic heterocycles. The summed E-state index contributed by atoms with van der Waals surface area (Å²) < 4.78 is 25.7. The van der Waals surface area contributed by atoms with Gasteiger partial charge in [0, 0.05) is 26.2 Å². The summed E-state index contributed by atoms with van der Waals surface area (Å²) in [5.41, 5.74) is -0.791. The normalized spacial score (nSPS) is 26.5. The van der Waals surface area contributed by atoms with E-state index in [1.165, 1.54) is 22.5 Å². The number of halogens is 4. The molecule has 1 saturated carbocycles. The van der Waals surface area contributed by atoms with Crippen LogP contribution in [0.15, 0.2) is 23.1 Å². The molecule has 1 aromatic rings. The van der Waals surface area contributed by atoms with E-state index in [4.69, 9.17) is 46.4 Å². The largest absolute Gasteiger partial charge is 0.339 e. The molecule has 1 amide bonds. The van der Waals surface area contributed by atoms with E-state index in [1.54, 1.807) is 11.8 Å². The third kappa shape index (κ3) is 3.37. The SMILES string of the molecule is CC1(C(=O)N2CCN(S(=O)(=O)c3ccc(Cl)c(Cl)c3)CC2)CC1(Cl)Cl. The Hall–Kier alpha value is -0.240. The predicted octanol–water partition coefficient (Wildman–Crippen LogP) is 3.41. The number of carbonyl (C=O) groups is 1. The van der Waals surface area contributed by atoms with E-state index in [9.17, 15) is 13.2 Å². The summed E-state index contributed by atoms with van der Waals surface area (Å²) in [5.74, 6) is -0.135. The maximum atomic E-state index is 12.7. The van der Waals surface area contributed by atoms with Crippen molar-refractivity contribution in [1.29, 1.82) is 0 Å². The fourth-order valence-corrected chi connectivity index (χ4v) is 5.41. The fraction of sp³-hybridized carbons (Fsp3) is 0.533. The van der Waals surface area contributed by atoms with Crippen LogP contribution in [0.3, 0.4) is 0 Å². The summed E-state index contributed by atoms with van der Waals surface area (Å²) >= 11 is 23.9. The zero-order valence-corrected chi connectivity index (χ0v) is 17.1. The van der Waals surface area contributed by atoms with Gasteiger partial charge in [-0.3, -0.25) is 4.79 Å². The average Bonchev–Trinajstić information content (AvgIpc) is 3.08. The second-order valence-electron chi connectivity index (χ2n) is 6.49. The van der Waals surface area contributed by atoms with Crippen molar-refractivity contribution in [2.75, 3.05) is 26.2 Å². The zero-order chi connectivity index (χ0) is 18.6. The van der Waals surface area contributed by atoms with Crippen LogP contribution >= 0.6 is 46.4 Å². The Morgan fingerprint density at radius 1 is 1.08 bits per heavy atom. The molecule has 25 heavy (non-hydrogen) atoms. The Labute approximate surface area is 166 Å². The van der Waals surface area contributed by atoms with Gasteiger partial charge in [0.15, 0.2) is 0 Å². The van der Waals surface area contributed by atoms with Crippen molar-refractivity contribution in [2.24, 2.45) is 5.41 Å². The van der Waals surface area contributed by atoms with Gasteiger partial charge in [0.25, 0.3) is 0 Å². The van der Waals surface area contributed by atoms with Crippen LogP contribution in [-0.2, 0) is 14.8 Å². The molecule has 0 spiro atoms. The monoisotopic (exact) mass is 444 g/mol. The highest BCUT2D eigenvalue weighted by molar-refractivity contribution is 7.89. The third-order valence-corrected chi connectivity index (χ3v) is 8.52. The van der Waals surface area contributed by atoms with Crippen molar-refractivity contribution < 1.29 is 13.2 Å². The summed E-state index contributed by atoms with van der Waals surface area (Å²) in [4.78, 5) is 14.3. The Balaban J connectivity index is 1.69. The molecule has 3 rings (SSSR count). The number of hydrogen-bond donors (Lipinski definition) is 0. The Morgan fingerprint density at radius 2 is 1.64 bits per heavy atom. The Kier molecular flexibility index (Phi) is 5.02. The number of nitrogens with zero attached hydrogens (tertiary/aromatic N) is 2. The quantitative estimate of drug-likeness (QED) is 0.669. The van der Waals surface area contributed by atoms with Crippen LogP contribution in [0, 0.1) is 5.41 Å². The maximum absolute atomic E-state index is 12.7. The molecule has 1 aromatic carbocycles. The standard InChI is InChI=1S/C15H16Cl4N2O3S/c1-14(9-15(14,18)19)13(22)20-4-6-21(7-5-20)25(23,24)10-2-3-11(16)12(17)8-10/h2-3,8H,4-7,9H2,1H3. The molecule has 1 unspecified atom stereocenters. The van der Waals surface area contributed by atoms with Crippen molar-refractivity contribution in [3.05, 3.63) is 28.2 Å². The fourth-order valence-electron chi connectivity index (χ4n) is 2.90. The van der Waals surface area contributed by atoms with Crippen LogP contribution in [0.2, 0.25) is 10.0 Å². The average molecular weight is 446 g/mol. The van der Waals surface area contributed by atoms with Crippen molar-refractivity contribution in [3.8, 4) is 0 Å². The van der Waals surface area contributed by atoms with E-state index < -0.39 is 19.8 Å². The van der Waals surface area contributed by atoms with E-state index in [1.807, 2.05) is 0 Å². The summed E-state index contributed by atoms with van der Waals surface area (Å²) in [5, 5.41) is 0.470. The summed E-state index contributed by atoms with van der Waals surface area (Å²) in [6.45, 7) is 2.70. The number of piperazine rings is 1. The molecule has 0 bridgehead atoms. The number of alkyl halides is 2. The molecule has 10 heteroatoms. The van der Waals surface area contributed by atoms with Gasteiger partial charge in [-0.25, -0.2) is 8.42 Å². The first-order valence-electron chi connectivity index (χ1n) is 7.61. The van der Waals surface area contributed by atoms with Gasteiger partial charge < -0.3 is 4.90 Å². The van der Waals surface area contributed by atoms with Crippen LogP contribution in [0.1, 0.15) is 13.3 Å². The second-order valence-corrected chi connectivity index (χ2v) is 10.7. The first-order valence-corrected chi connectivity index (χ1v) is 10.6. The first kappa shape index (κ1) is 19.5. The van der Waals surface area contributed by atoms with Gasteiger partial charge in [-0.1, -0.05) is 23.2 Å². The number of benzene rings is 1. The smallest absolute Gasteiger partial charge is 0.243 e. The maximum Gasteiger partial charge on any atom is 0.243 e. The summed E-state index contributed by atoms with van der Waals surface area (Å²) in [7, 11) is -3.69. The lowest BCUT2D eigenvalue weighted by molar-refractivity contribution is -0.137. The van der Waals surface area contributed by atoms with E-state index >= 15 is 0 Å². The van der Waals surface area contributed by atoms with Gasteiger partial charge in [-0.2, -0.15) is 4.31 Å². The molecule has 0 N–H and O–H groups in total. The molecule has 1 atom stereocenters. The van der Waals surface area contributed by atoms with Crippen molar-refractivity contribution in [2.45, 2.75) is 22.6 Å². The number of rotatable bonds is 3. The van der Waals surface area contributed by atoms with Crippen LogP contribution < -0.4 is 0 Å². The van der Waals surface area contributed by atoms with E-state index in [0.717, 1.165) is 0 Å². The molecular weight excluding hydrogens is 430 g/mol. The molecule has 138 valence electrons. The molecule has 0 aromatic heterocycles. The summed E-state index contributed by atoms with van der Waals surface area (Å²) in [6, 6.07) is 4.20. The van der Waals surface area contributed by atoms with Crippen molar-refractivity contribution in [1.82, 2.24) is 9.21 Å². The number of sulfonamides is 1. The predicted molar refractivity (Wildman–Crippen MR) is 99.0 cm³/mol. The van der Waals surface area contributed by atoms with Crippen molar-refractivity contribution in [3.63, 3.8) is 0 Å².